The minimum absolute atomic E-state index is 0. The van der Waals surface area contributed by atoms with Crippen LogP contribution in [0.25, 0.3) is 10.9 Å². The number of aryl methyl sites for hydroxylation is 2. The van der Waals surface area contributed by atoms with Crippen LogP contribution in [0.2, 0.25) is 10.0 Å². The Hall–Kier alpha value is -1.85. The van der Waals surface area contributed by atoms with E-state index in [1.807, 2.05) is 38.1 Å². The number of rotatable bonds is 8. The quantitative estimate of drug-likeness (QED) is 0.310. The Morgan fingerprint density at radius 3 is 2.60 bits per heavy atom. The molecule has 0 bridgehead atoms. The molecule has 5 rings (SSSR count). The number of nitrogens with one attached hydrogen (secondary N) is 2. The van der Waals surface area contributed by atoms with Crippen LogP contribution in [-0.2, 0) is 21.4 Å². The molecule has 2 N–H and O–H groups in total. The Labute approximate surface area is 269 Å². The number of para-hydroxylation sites is 1. The Morgan fingerprint density at radius 2 is 1.86 bits per heavy atom. The van der Waals surface area contributed by atoms with Gasteiger partial charge in [-0.3, -0.25) is 4.79 Å². The summed E-state index contributed by atoms with van der Waals surface area (Å²) in [5.74, 6) is 0.687. The van der Waals surface area contributed by atoms with Crippen molar-refractivity contribution in [2.45, 2.75) is 57.1 Å². The van der Waals surface area contributed by atoms with Crippen molar-refractivity contribution >= 4 is 74.8 Å². The maximum absolute atomic E-state index is 13.8. The molecule has 8 nitrogen and oxygen atoms in total. The van der Waals surface area contributed by atoms with Gasteiger partial charge in [-0.2, -0.15) is 4.31 Å². The molecular weight excluding hydrogens is 642 g/mol. The third-order valence-corrected chi connectivity index (χ3v) is 10.6. The van der Waals surface area contributed by atoms with Crippen LogP contribution in [0.15, 0.2) is 41.3 Å². The predicted molar refractivity (Wildman–Crippen MR) is 172 cm³/mol. The van der Waals surface area contributed by atoms with Crippen LogP contribution in [-0.4, -0.2) is 55.8 Å². The van der Waals surface area contributed by atoms with Crippen molar-refractivity contribution in [1.82, 2.24) is 19.9 Å². The van der Waals surface area contributed by atoms with Crippen LogP contribution in [0.1, 0.15) is 42.5 Å². The summed E-state index contributed by atoms with van der Waals surface area (Å²) in [6, 6.07) is 9.82. The van der Waals surface area contributed by atoms with Gasteiger partial charge in [-0.25, -0.2) is 13.4 Å². The SMILES string of the molecule is Cc1cc(C)c2cccc(OCc3c(Cl)ccc(S(=O)(=O)N4CCC[C@H]4C(=O)NCC4CCNCC4)c3Cl)c2n1.Cl.Cl. The molecule has 0 unspecified atom stereocenters. The molecule has 1 atom stereocenters. The first-order valence-corrected chi connectivity index (χ1v) is 15.8. The molecule has 1 amide bonds. The lowest BCUT2D eigenvalue weighted by molar-refractivity contribution is -0.124. The summed E-state index contributed by atoms with van der Waals surface area (Å²) < 4.78 is 35.0. The zero-order chi connectivity index (χ0) is 28.4. The van der Waals surface area contributed by atoms with Crippen molar-refractivity contribution in [2.24, 2.45) is 5.92 Å². The lowest BCUT2D eigenvalue weighted by Crippen LogP contribution is -2.47. The highest BCUT2D eigenvalue weighted by molar-refractivity contribution is 7.89. The number of halogens is 4. The van der Waals surface area contributed by atoms with Crippen LogP contribution < -0.4 is 15.4 Å². The minimum atomic E-state index is -4.07. The van der Waals surface area contributed by atoms with E-state index in [-0.39, 0.29) is 53.8 Å². The fourth-order valence-electron chi connectivity index (χ4n) is 5.59. The maximum atomic E-state index is 13.8. The third kappa shape index (κ3) is 7.26. The molecule has 0 radical (unpaired) electrons. The Kier molecular flexibility index (Phi) is 12.2. The smallest absolute Gasteiger partial charge is 0.245 e. The van der Waals surface area contributed by atoms with Crippen LogP contribution in [0.4, 0.5) is 0 Å². The Balaban J connectivity index is 0.00000242. The lowest BCUT2D eigenvalue weighted by Gasteiger charge is -2.26. The van der Waals surface area contributed by atoms with E-state index in [0.717, 1.165) is 42.6 Å². The maximum Gasteiger partial charge on any atom is 0.245 e. The lowest BCUT2D eigenvalue weighted by atomic mass is 9.98. The molecule has 0 spiro atoms. The van der Waals surface area contributed by atoms with Gasteiger partial charge in [-0.1, -0.05) is 35.3 Å². The number of benzene rings is 2. The normalized spacial score (nSPS) is 17.9. The van der Waals surface area contributed by atoms with Gasteiger partial charge in [0.15, 0.2) is 0 Å². The summed E-state index contributed by atoms with van der Waals surface area (Å²) in [6.07, 6.45) is 3.04. The Morgan fingerprint density at radius 1 is 1.12 bits per heavy atom. The zero-order valence-electron chi connectivity index (χ0n) is 23.5. The number of pyridine rings is 1. The number of carbonyl (C=O) groups excluding carboxylic acids is 1. The molecule has 2 aromatic carbocycles. The average Bonchev–Trinajstić information content (AvgIpc) is 3.44. The third-order valence-electron chi connectivity index (χ3n) is 7.78. The molecule has 13 heteroatoms. The van der Waals surface area contributed by atoms with Gasteiger partial charge in [0.1, 0.15) is 28.8 Å². The summed E-state index contributed by atoms with van der Waals surface area (Å²) in [7, 11) is -4.07. The number of hydrogen-bond acceptors (Lipinski definition) is 6. The highest BCUT2D eigenvalue weighted by Gasteiger charge is 2.40. The first kappa shape index (κ1) is 34.6. The summed E-state index contributed by atoms with van der Waals surface area (Å²) >= 11 is 13.2. The van der Waals surface area contributed by atoms with Crippen LogP contribution in [0.5, 0.6) is 5.75 Å². The van der Waals surface area contributed by atoms with E-state index in [0.29, 0.717) is 47.2 Å². The molecule has 3 aromatic rings. The predicted octanol–water partition coefficient (Wildman–Crippen LogP) is 5.85. The van der Waals surface area contributed by atoms with Crippen LogP contribution in [0.3, 0.4) is 0 Å². The zero-order valence-corrected chi connectivity index (χ0v) is 27.5. The van der Waals surface area contributed by atoms with Gasteiger partial charge in [0, 0.05) is 34.8 Å². The van der Waals surface area contributed by atoms with E-state index in [4.69, 9.17) is 27.9 Å². The molecule has 2 aliphatic rings. The first-order valence-electron chi connectivity index (χ1n) is 13.6. The van der Waals surface area contributed by atoms with Crippen molar-refractivity contribution in [2.75, 3.05) is 26.2 Å². The van der Waals surface area contributed by atoms with Crippen molar-refractivity contribution in [1.29, 1.82) is 0 Å². The van der Waals surface area contributed by atoms with Gasteiger partial charge in [-0.15, -0.1) is 24.8 Å². The van der Waals surface area contributed by atoms with E-state index in [1.165, 1.54) is 16.4 Å². The molecule has 230 valence electrons. The molecule has 2 saturated heterocycles. The molecule has 0 saturated carbocycles. The second-order valence-corrected chi connectivity index (χ2v) is 13.2. The second-order valence-electron chi connectivity index (χ2n) is 10.6. The first-order chi connectivity index (χ1) is 19.2. The number of ether oxygens (including phenoxy) is 1. The monoisotopic (exact) mass is 676 g/mol. The standard InChI is InChI=1S/C29H34Cl2N4O4S.2ClH/c1-18-15-19(2)34-28-21(18)5-3-7-25(28)39-17-22-23(30)8-9-26(27(22)31)40(37,38)35-14-4-6-24(35)29(36)33-16-20-10-12-32-13-11-20;;/h3,5,7-9,15,20,24,32H,4,6,10-14,16-17H2,1-2H3,(H,33,36);2*1H/t24-;;/m0../s1. The number of sulfonamides is 1. The molecule has 3 heterocycles. The average molecular weight is 679 g/mol. The van der Waals surface area contributed by atoms with E-state index in [1.54, 1.807) is 0 Å². The molecular formula is C29H36Cl4N4O4S. The van der Waals surface area contributed by atoms with Gasteiger partial charge >= 0.3 is 0 Å². The summed E-state index contributed by atoms with van der Waals surface area (Å²) in [5, 5.41) is 7.56. The van der Waals surface area contributed by atoms with Crippen molar-refractivity contribution < 1.29 is 17.9 Å². The summed E-state index contributed by atoms with van der Waals surface area (Å²) in [4.78, 5) is 17.6. The highest BCUT2D eigenvalue weighted by atomic mass is 35.5. The van der Waals surface area contributed by atoms with Crippen LogP contribution >= 0.6 is 48.0 Å². The molecule has 0 aliphatic carbocycles. The number of carbonyl (C=O) groups is 1. The number of nitrogens with zero attached hydrogens (tertiary/aromatic N) is 2. The highest BCUT2D eigenvalue weighted by Crippen LogP contribution is 2.36. The van der Waals surface area contributed by atoms with E-state index < -0.39 is 16.1 Å². The molecule has 2 fully saturated rings. The van der Waals surface area contributed by atoms with Crippen LogP contribution in [0, 0.1) is 19.8 Å². The van der Waals surface area contributed by atoms with Gasteiger partial charge in [0.2, 0.25) is 15.9 Å². The van der Waals surface area contributed by atoms with Gasteiger partial charge in [0.25, 0.3) is 0 Å². The largest absolute Gasteiger partial charge is 0.487 e. The van der Waals surface area contributed by atoms with Gasteiger partial charge in [-0.05, 0) is 88.4 Å². The molecule has 1 aromatic heterocycles. The summed E-state index contributed by atoms with van der Waals surface area (Å²) in [6.45, 7) is 6.56. The second kappa shape index (κ2) is 14.8. The number of hydrogen-bond donors (Lipinski definition) is 2. The molecule has 42 heavy (non-hydrogen) atoms. The minimum Gasteiger partial charge on any atom is -0.487 e. The topological polar surface area (TPSA) is 101 Å². The summed E-state index contributed by atoms with van der Waals surface area (Å²) in [5.41, 5.74) is 3.02. The van der Waals surface area contributed by atoms with Gasteiger partial charge < -0.3 is 15.4 Å². The van der Waals surface area contributed by atoms with E-state index in [2.05, 4.69) is 15.6 Å². The van der Waals surface area contributed by atoms with Crippen molar-refractivity contribution in [3.05, 3.63) is 63.3 Å². The fraction of sp³-hybridized carbons (Fsp3) is 0.448. The van der Waals surface area contributed by atoms with E-state index >= 15 is 0 Å². The van der Waals surface area contributed by atoms with Crippen molar-refractivity contribution in [3.63, 3.8) is 0 Å². The number of amides is 1. The molecule has 2 aliphatic heterocycles. The van der Waals surface area contributed by atoms with Crippen molar-refractivity contribution in [3.8, 4) is 5.75 Å². The fourth-order valence-corrected chi connectivity index (χ4v) is 8.11. The number of fused-ring (bicyclic) bond motifs is 1. The van der Waals surface area contributed by atoms with Gasteiger partial charge in [0.05, 0.1) is 5.02 Å². The Bertz CT molecular complexity index is 1530. The number of piperidine rings is 1. The number of aromatic nitrogens is 1. The van der Waals surface area contributed by atoms with E-state index in [9.17, 15) is 13.2 Å².